The fraction of sp³-hybridized carbons (Fsp3) is 0.0833. The molecule has 4 rings (SSSR count). The molecule has 0 aliphatic heterocycles. The molecule has 0 saturated carbocycles. The van der Waals surface area contributed by atoms with Gasteiger partial charge in [0.05, 0.1) is 0 Å². The number of para-hydroxylation sites is 1. The van der Waals surface area contributed by atoms with Crippen molar-refractivity contribution in [3.05, 3.63) is 113 Å². The number of Topliss-reactive ketones (excluding diaryl/α,β-unsaturated/α-hetero) is 2. The maximum absolute atomic E-state index is 13.2. The highest BCUT2D eigenvalue weighted by atomic mass is 16.1. The topological polar surface area (TPSA) is 58.2 Å². The van der Waals surface area contributed by atoms with Crippen molar-refractivity contribution in [1.82, 2.24) is 5.32 Å². The van der Waals surface area contributed by atoms with Gasteiger partial charge in [-0.25, -0.2) is 0 Å². The van der Waals surface area contributed by atoms with Gasteiger partial charge in [0.2, 0.25) is 11.6 Å². The van der Waals surface area contributed by atoms with Gasteiger partial charge in [-0.1, -0.05) is 72.8 Å². The predicted molar refractivity (Wildman–Crippen MR) is 110 cm³/mol. The van der Waals surface area contributed by atoms with Crippen molar-refractivity contribution in [2.24, 2.45) is 0 Å². The Morgan fingerprint density at radius 1 is 0.643 bits per heavy atom. The first-order valence-corrected chi connectivity index (χ1v) is 9.21. The Morgan fingerprint density at radius 3 is 1.75 bits per heavy atom. The molecule has 28 heavy (non-hydrogen) atoms. The van der Waals surface area contributed by atoms with Crippen molar-refractivity contribution in [3.63, 3.8) is 0 Å². The van der Waals surface area contributed by atoms with Crippen molar-refractivity contribution < 1.29 is 9.59 Å². The normalized spacial score (nSPS) is 14.5. The van der Waals surface area contributed by atoms with E-state index in [9.17, 15) is 9.59 Å². The molecule has 4 nitrogen and oxygen atoms in total. The Morgan fingerprint density at radius 2 is 1.14 bits per heavy atom. The SMILES string of the molecule is CC(NC1=C(Nc2ccccc2)C(=O)c2ccccc2C1=O)c1ccccc1. The van der Waals surface area contributed by atoms with E-state index in [4.69, 9.17) is 0 Å². The highest BCUT2D eigenvalue weighted by molar-refractivity contribution is 6.27. The number of rotatable bonds is 5. The zero-order chi connectivity index (χ0) is 19.5. The van der Waals surface area contributed by atoms with Crippen LogP contribution in [0.15, 0.2) is 96.3 Å². The molecule has 4 heteroatoms. The Kier molecular flexibility index (Phi) is 4.77. The van der Waals surface area contributed by atoms with Gasteiger partial charge in [-0.3, -0.25) is 9.59 Å². The molecular formula is C24H20N2O2. The quantitative estimate of drug-likeness (QED) is 0.683. The predicted octanol–water partition coefficient (Wildman–Crippen LogP) is 4.74. The fourth-order valence-electron chi connectivity index (χ4n) is 3.34. The van der Waals surface area contributed by atoms with Crippen LogP contribution in [0.2, 0.25) is 0 Å². The third-order valence-electron chi connectivity index (χ3n) is 4.82. The number of hydrogen-bond acceptors (Lipinski definition) is 4. The van der Waals surface area contributed by atoms with Crippen molar-refractivity contribution in [2.75, 3.05) is 5.32 Å². The van der Waals surface area contributed by atoms with E-state index in [2.05, 4.69) is 10.6 Å². The van der Waals surface area contributed by atoms with Crippen LogP contribution in [0.4, 0.5) is 5.69 Å². The van der Waals surface area contributed by atoms with Gasteiger partial charge in [-0.2, -0.15) is 0 Å². The Bertz CT molecular complexity index is 1060. The second kappa shape index (κ2) is 7.53. The summed E-state index contributed by atoms with van der Waals surface area (Å²) in [6, 6.07) is 26.0. The lowest BCUT2D eigenvalue weighted by atomic mass is 9.89. The van der Waals surface area contributed by atoms with E-state index < -0.39 is 0 Å². The Hall–Kier alpha value is -3.66. The van der Waals surface area contributed by atoms with Gasteiger partial charge in [0.1, 0.15) is 11.4 Å². The Balaban J connectivity index is 1.77. The highest BCUT2D eigenvalue weighted by Crippen LogP contribution is 2.28. The summed E-state index contributed by atoms with van der Waals surface area (Å²) in [7, 11) is 0. The van der Waals surface area contributed by atoms with Gasteiger partial charge in [-0.05, 0) is 24.6 Å². The minimum absolute atomic E-state index is 0.134. The van der Waals surface area contributed by atoms with Gasteiger partial charge in [0.15, 0.2) is 0 Å². The third-order valence-corrected chi connectivity index (χ3v) is 4.82. The summed E-state index contributed by atoms with van der Waals surface area (Å²) in [5.41, 5.74) is 3.21. The molecule has 2 N–H and O–H groups in total. The monoisotopic (exact) mass is 368 g/mol. The van der Waals surface area contributed by atoms with Crippen molar-refractivity contribution in [3.8, 4) is 0 Å². The van der Waals surface area contributed by atoms with Crippen molar-refractivity contribution >= 4 is 17.3 Å². The number of nitrogens with one attached hydrogen (secondary N) is 2. The summed E-state index contributed by atoms with van der Waals surface area (Å²) in [6.45, 7) is 1.97. The van der Waals surface area contributed by atoms with E-state index in [0.717, 1.165) is 11.3 Å². The van der Waals surface area contributed by atoms with Gasteiger partial charge >= 0.3 is 0 Å². The first-order chi connectivity index (χ1) is 13.6. The summed E-state index contributed by atoms with van der Waals surface area (Å²) in [5, 5.41) is 6.43. The van der Waals surface area contributed by atoms with Crippen LogP contribution in [-0.4, -0.2) is 11.6 Å². The van der Waals surface area contributed by atoms with Crippen molar-refractivity contribution in [1.29, 1.82) is 0 Å². The first-order valence-electron chi connectivity index (χ1n) is 9.21. The summed E-state index contributed by atoms with van der Waals surface area (Å²) < 4.78 is 0. The first kappa shape index (κ1) is 17.7. The molecule has 1 aliphatic carbocycles. The molecule has 0 amide bonds. The number of benzene rings is 3. The van der Waals surface area contributed by atoms with Crippen molar-refractivity contribution in [2.45, 2.75) is 13.0 Å². The molecule has 1 unspecified atom stereocenters. The smallest absolute Gasteiger partial charge is 0.212 e. The zero-order valence-corrected chi connectivity index (χ0v) is 15.5. The van der Waals surface area contributed by atoms with E-state index >= 15 is 0 Å². The van der Waals surface area contributed by atoms with Gasteiger partial charge in [-0.15, -0.1) is 0 Å². The average molecular weight is 368 g/mol. The molecule has 0 aromatic heterocycles. The lowest BCUT2D eigenvalue weighted by molar-refractivity contribution is 0.0968. The summed E-state index contributed by atoms with van der Waals surface area (Å²) in [6.07, 6.45) is 0. The van der Waals surface area contributed by atoms with Crippen LogP contribution in [0, 0.1) is 0 Å². The number of anilines is 1. The zero-order valence-electron chi connectivity index (χ0n) is 15.5. The van der Waals surface area contributed by atoms with Gasteiger partial charge < -0.3 is 10.6 Å². The number of fused-ring (bicyclic) bond motifs is 1. The van der Waals surface area contributed by atoms with Crippen LogP contribution in [0.1, 0.15) is 39.2 Å². The maximum Gasteiger partial charge on any atom is 0.212 e. The maximum atomic E-state index is 13.2. The number of hydrogen-bond donors (Lipinski definition) is 2. The molecular weight excluding hydrogens is 348 g/mol. The van der Waals surface area contributed by atoms with Crippen LogP contribution in [-0.2, 0) is 0 Å². The molecule has 138 valence electrons. The lowest BCUT2D eigenvalue weighted by Crippen LogP contribution is -2.34. The Labute approximate surface area is 163 Å². The highest BCUT2D eigenvalue weighted by Gasteiger charge is 2.33. The summed E-state index contributed by atoms with van der Waals surface area (Å²) in [4.78, 5) is 26.4. The molecule has 0 saturated heterocycles. The van der Waals surface area contributed by atoms with E-state index in [0.29, 0.717) is 16.8 Å². The van der Waals surface area contributed by atoms with Crippen LogP contribution in [0.3, 0.4) is 0 Å². The fourth-order valence-corrected chi connectivity index (χ4v) is 3.34. The molecule has 3 aromatic rings. The van der Waals surface area contributed by atoms with E-state index in [1.807, 2.05) is 67.6 Å². The average Bonchev–Trinajstić information content (AvgIpc) is 2.75. The molecule has 0 radical (unpaired) electrons. The van der Waals surface area contributed by atoms with Crippen LogP contribution in [0.5, 0.6) is 0 Å². The molecule has 3 aromatic carbocycles. The van der Waals surface area contributed by atoms with E-state index in [1.54, 1.807) is 24.3 Å². The second-order valence-electron chi connectivity index (χ2n) is 6.72. The molecule has 0 fully saturated rings. The standard InChI is InChI=1S/C24H20N2O2/c1-16(17-10-4-2-5-11-17)25-21-22(26-18-12-6-3-7-13-18)24(28)20-15-9-8-14-19(20)23(21)27/h2-16,25-26H,1H3. The largest absolute Gasteiger partial charge is 0.374 e. The van der Waals surface area contributed by atoms with Crippen LogP contribution >= 0.6 is 0 Å². The van der Waals surface area contributed by atoms with Crippen LogP contribution in [0.25, 0.3) is 0 Å². The summed E-state index contributed by atoms with van der Waals surface area (Å²) in [5.74, 6) is -0.377. The molecule has 1 aliphatic rings. The van der Waals surface area contributed by atoms with E-state index in [-0.39, 0.29) is 23.3 Å². The number of allylic oxidation sites excluding steroid dienone is 2. The molecule has 0 heterocycles. The minimum atomic E-state index is -0.193. The molecule has 0 bridgehead atoms. The summed E-state index contributed by atoms with van der Waals surface area (Å²) >= 11 is 0. The second-order valence-corrected chi connectivity index (χ2v) is 6.72. The molecule has 0 spiro atoms. The lowest BCUT2D eigenvalue weighted by Gasteiger charge is -2.25. The van der Waals surface area contributed by atoms with Gasteiger partial charge in [0, 0.05) is 22.9 Å². The molecule has 1 atom stereocenters. The number of ketones is 2. The number of carbonyl (C=O) groups excluding carboxylic acids is 2. The van der Waals surface area contributed by atoms with E-state index in [1.165, 1.54) is 0 Å². The third kappa shape index (κ3) is 3.32. The number of carbonyl (C=O) groups is 2. The van der Waals surface area contributed by atoms with Gasteiger partial charge in [0.25, 0.3) is 0 Å². The van der Waals surface area contributed by atoms with Crippen LogP contribution < -0.4 is 10.6 Å². The minimum Gasteiger partial charge on any atom is -0.374 e.